The zero-order valence-corrected chi connectivity index (χ0v) is 10.2. The Hall–Kier alpha value is -1.02. The lowest BCUT2D eigenvalue weighted by Crippen LogP contribution is -2.26. The van der Waals surface area contributed by atoms with Crippen LogP contribution in [0.25, 0.3) is 6.08 Å². The fourth-order valence-electron chi connectivity index (χ4n) is 0.944. The zero-order valence-electron chi connectivity index (χ0n) is 9.16. The van der Waals surface area contributed by atoms with Crippen molar-refractivity contribution in [3.05, 3.63) is 42.2 Å². The summed E-state index contributed by atoms with van der Waals surface area (Å²) in [6.07, 6.45) is 3.86. The number of hydrogen-bond acceptors (Lipinski definition) is 1. The lowest BCUT2D eigenvalue weighted by Gasteiger charge is -2.18. The van der Waals surface area contributed by atoms with Gasteiger partial charge in [0.2, 0.25) is 8.32 Å². The topological polar surface area (TPSA) is 9.23 Å². The highest BCUT2D eigenvalue weighted by molar-refractivity contribution is 6.71. The molecule has 76 valence electrons. The molecule has 0 unspecified atom stereocenters. The van der Waals surface area contributed by atoms with Gasteiger partial charge in [-0.2, -0.15) is 0 Å². The average molecular weight is 206 g/mol. The van der Waals surface area contributed by atoms with E-state index in [1.54, 1.807) is 0 Å². The first-order valence-corrected chi connectivity index (χ1v) is 8.15. The minimum absolute atomic E-state index is 1.14. The molecule has 1 aromatic carbocycles. The van der Waals surface area contributed by atoms with Crippen LogP contribution in [-0.4, -0.2) is 8.32 Å². The fourth-order valence-corrected chi connectivity index (χ4v) is 1.55. The van der Waals surface area contributed by atoms with Gasteiger partial charge in [-0.1, -0.05) is 37.3 Å². The van der Waals surface area contributed by atoms with E-state index in [0.29, 0.717) is 0 Å². The molecule has 0 bridgehead atoms. The molecule has 0 aromatic heterocycles. The molecular formula is C12H18OSi. The molecular weight excluding hydrogens is 188 g/mol. The van der Waals surface area contributed by atoms with Crippen LogP contribution >= 0.6 is 0 Å². The van der Waals surface area contributed by atoms with E-state index in [0.717, 1.165) is 6.04 Å². The molecule has 0 aliphatic rings. The molecule has 0 saturated heterocycles. The van der Waals surface area contributed by atoms with Gasteiger partial charge in [-0.15, -0.1) is 0 Å². The molecule has 1 aromatic rings. The number of rotatable bonds is 4. The molecule has 2 heteroatoms. The lowest BCUT2D eigenvalue weighted by molar-refractivity contribution is 0.476. The van der Waals surface area contributed by atoms with Crippen molar-refractivity contribution in [3.8, 4) is 0 Å². The van der Waals surface area contributed by atoms with Gasteiger partial charge in [0, 0.05) is 0 Å². The Morgan fingerprint density at radius 3 is 2.43 bits per heavy atom. The minimum atomic E-state index is -1.42. The SMILES string of the molecule is CC[Si](C)(C)O/C=C\c1ccccc1. The predicted octanol–water partition coefficient (Wildman–Crippen LogP) is 3.90. The first-order valence-electron chi connectivity index (χ1n) is 5.03. The molecule has 1 rings (SSSR count). The van der Waals surface area contributed by atoms with Gasteiger partial charge in [0.1, 0.15) is 0 Å². The Balaban J connectivity index is 2.50. The molecule has 0 heterocycles. The van der Waals surface area contributed by atoms with Crippen molar-refractivity contribution in [2.75, 3.05) is 0 Å². The molecule has 1 nitrogen and oxygen atoms in total. The maximum atomic E-state index is 5.74. The van der Waals surface area contributed by atoms with Crippen LogP contribution in [0.3, 0.4) is 0 Å². The van der Waals surface area contributed by atoms with E-state index in [9.17, 15) is 0 Å². The van der Waals surface area contributed by atoms with Crippen LogP contribution in [0.4, 0.5) is 0 Å². The van der Waals surface area contributed by atoms with Crippen molar-refractivity contribution < 1.29 is 4.43 Å². The largest absolute Gasteiger partial charge is 0.549 e. The Morgan fingerprint density at radius 2 is 1.86 bits per heavy atom. The maximum Gasteiger partial charge on any atom is 0.244 e. The van der Waals surface area contributed by atoms with Crippen LogP contribution in [0.5, 0.6) is 0 Å². The lowest BCUT2D eigenvalue weighted by atomic mass is 10.2. The summed E-state index contributed by atoms with van der Waals surface area (Å²) >= 11 is 0. The van der Waals surface area contributed by atoms with E-state index in [1.807, 2.05) is 30.5 Å². The molecule has 0 atom stereocenters. The van der Waals surface area contributed by atoms with Crippen molar-refractivity contribution in [1.29, 1.82) is 0 Å². The molecule has 0 spiro atoms. The Morgan fingerprint density at radius 1 is 1.21 bits per heavy atom. The number of hydrogen-bond donors (Lipinski definition) is 0. The molecule has 0 fully saturated rings. The highest BCUT2D eigenvalue weighted by Gasteiger charge is 2.18. The van der Waals surface area contributed by atoms with Crippen molar-refractivity contribution in [2.24, 2.45) is 0 Å². The second-order valence-electron chi connectivity index (χ2n) is 3.94. The van der Waals surface area contributed by atoms with Gasteiger partial charge in [-0.05, 0) is 30.8 Å². The van der Waals surface area contributed by atoms with Crippen LogP contribution in [0, 0.1) is 0 Å². The van der Waals surface area contributed by atoms with Gasteiger partial charge < -0.3 is 4.43 Å². The van der Waals surface area contributed by atoms with Crippen molar-refractivity contribution in [1.82, 2.24) is 0 Å². The van der Waals surface area contributed by atoms with E-state index < -0.39 is 8.32 Å². The molecule has 0 amide bonds. The quantitative estimate of drug-likeness (QED) is 0.536. The van der Waals surface area contributed by atoms with Crippen molar-refractivity contribution in [2.45, 2.75) is 26.1 Å². The third-order valence-corrected chi connectivity index (χ3v) is 4.78. The van der Waals surface area contributed by atoms with Gasteiger partial charge in [0.05, 0.1) is 6.26 Å². The van der Waals surface area contributed by atoms with Crippen LogP contribution < -0.4 is 0 Å². The Kier molecular flexibility index (Phi) is 3.95. The molecule has 0 radical (unpaired) electrons. The molecule has 0 aliphatic heterocycles. The van der Waals surface area contributed by atoms with E-state index in [2.05, 4.69) is 32.2 Å². The second-order valence-corrected chi connectivity index (χ2v) is 8.41. The monoisotopic (exact) mass is 206 g/mol. The summed E-state index contributed by atoms with van der Waals surface area (Å²) in [6, 6.07) is 11.4. The van der Waals surface area contributed by atoms with Crippen LogP contribution in [0.1, 0.15) is 12.5 Å². The summed E-state index contributed by atoms with van der Waals surface area (Å²) in [5, 5.41) is 0. The molecule has 14 heavy (non-hydrogen) atoms. The highest BCUT2D eigenvalue weighted by atomic mass is 28.4. The van der Waals surface area contributed by atoms with E-state index in [4.69, 9.17) is 4.43 Å². The number of benzene rings is 1. The summed E-state index contributed by atoms with van der Waals surface area (Å²) < 4.78 is 5.74. The highest BCUT2D eigenvalue weighted by Crippen LogP contribution is 2.11. The first kappa shape index (κ1) is 11.1. The smallest absolute Gasteiger partial charge is 0.244 e. The molecule has 0 aliphatic carbocycles. The standard InChI is InChI=1S/C12H18OSi/c1-4-14(2,3)13-11-10-12-8-6-5-7-9-12/h5-11H,4H2,1-3H3/b11-10-. The zero-order chi connectivity index (χ0) is 10.4. The summed E-state index contributed by atoms with van der Waals surface area (Å²) in [7, 11) is -1.42. The van der Waals surface area contributed by atoms with Crippen LogP contribution in [-0.2, 0) is 4.43 Å². The molecule has 0 N–H and O–H groups in total. The van der Waals surface area contributed by atoms with E-state index in [-0.39, 0.29) is 0 Å². The summed E-state index contributed by atoms with van der Waals surface area (Å²) in [4.78, 5) is 0. The maximum absolute atomic E-state index is 5.74. The third-order valence-electron chi connectivity index (χ3n) is 2.30. The minimum Gasteiger partial charge on any atom is -0.549 e. The Labute approximate surface area is 87.5 Å². The van der Waals surface area contributed by atoms with E-state index in [1.165, 1.54) is 5.56 Å². The molecule has 0 saturated carbocycles. The van der Waals surface area contributed by atoms with Crippen LogP contribution in [0.15, 0.2) is 36.6 Å². The Bertz CT molecular complexity index is 290. The van der Waals surface area contributed by atoms with Gasteiger partial charge in [0.15, 0.2) is 0 Å². The van der Waals surface area contributed by atoms with Gasteiger partial charge in [0.25, 0.3) is 0 Å². The third kappa shape index (κ3) is 3.79. The second kappa shape index (κ2) is 5.01. The summed E-state index contributed by atoms with van der Waals surface area (Å²) in [5.41, 5.74) is 1.19. The van der Waals surface area contributed by atoms with Crippen molar-refractivity contribution >= 4 is 14.4 Å². The normalized spacial score (nSPS) is 11.9. The van der Waals surface area contributed by atoms with Gasteiger partial charge in [-0.25, -0.2) is 0 Å². The summed E-state index contributed by atoms with van der Waals surface area (Å²) in [5.74, 6) is 0. The predicted molar refractivity (Wildman–Crippen MR) is 64.5 cm³/mol. The summed E-state index contributed by atoms with van der Waals surface area (Å²) in [6.45, 7) is 6.63. The van der Waals surface area contributed by atoms with Gasteiger partial charge >= 0.3 is 0 Å². The first-order chi connectivity index (χ1) is 6.64. The van der Waals surface area contributed by atoms with Crippen molar-refractivity contribution in [3.63, 3.8) is 0 Å². The van der Waals surface area contributed by atoms with E-state index >= 15 is 0 Å². The average Bonchev–Trinajstić information content (AvgIpc) is 2.19. The van der Waals surface area contributed by atoms with Gasteiger partial charge in [-0.3, -0.25) is 0 Å². The fraction of sp³-hybridized carbons (Fsp3) is 0.333. The van der Waals surface area contributed by atoms with Crippen LogP contribution in [0.2, 0.25) is 19.1 Å².